The van der Waals surface area contributed by atoms with Gasteiger partial charge in [-0.25, -0.2) is 14.6 Å². The summed E-state index contributed by atoms with van der Waals surface area (Å²) in [6.45, 7) is 0.0654. The fourth-order valence-electron chi connectivity index (χ4n) is 6.82. The predicted octanol–water partition coefficient (Wildman–Crippen LogP) is 4.32. The van der Waals surface area contributed by atoms with Crippen LogP contribution < -0.4 is 15.4 Å². The number of pyridine rings is 1. The Morgan fingerprint density at radius 3 is 2.71 bits per heavy atom. The quantitative estimate of drug-likeness (QED) is 0.282. The van der Waals surface area contributed by atoms with Crippen molar-refractivity contribution in [2.75, 3.05) is 13.7 Å². The Balaban J connectivity index is 1.18. The fourth-order valence-corrected chi connectivity index (χ4v) is 7.57. The third-order valence-electron chi connectivity index (χ3n) is 9.87. The van der Waals surface area contributed by atoms with Gasteiger partial charge in [0.05, 0.1) is 19.0 Å². The molecule has 1 saturated heterocycles. The number of fused-ring (bicyclic) bond motifs is 3. The Bertz CT molecular complexity index is 1750. The smallest absolute Gasteiger partial charge is 0.408 e. The molecule has 2 N–H and O–H groups in total. The molecule has 3 aromatic rings. The predicted molar refractivity (Wildman–Crippen MR) is 179 cm³/mol. The van der Waals surface area contributed by atoms with E-state index in [1.54, 1.807) is 6.20 Å². The van der Waals surface area contributed by atoms with Gasteiger partial charge in [0.2, 0.25) is 17.7 Å². The summed E-state index contributed by atoms with van der Waals surface area (Å²) < 4.78 is 17.2. The fraction of sp³-hybridized carbons (Fsp3) is 0.514. The molecular formula is C35H40N6O7S. The highest BCUT2D eigenvalue weighted by atomic mass is 32.1. The van der Waals surface area contributed by atoms with Gasteiger partial charge in [-0.3, -0.25) is 14.6 Å². The zero-order chi connectivity index (χ0) is 34.0. The average Bonchev–Trinajstić information content (AvgIpc) is 3.37. The van der Waals surface area contributed by atoms with E-state index in [0.29, 0.717) is 42.0 Å². The number of allylic oxidation sites excluding steroid dienone is 1. The number of alkyl carbamates (subject to hydrolysis) is 1. The monoisotopic (exact) mass is 688 g/mol. The number of carbonyl (C=O) groups excluding carboxylic acids is 4. The summed E-state index contributed by atoms with van der Waals surface area (Å²) in [4.78, 5) is 70.4. The van der Waals surface area contributed by atoms with Gasteiger partial charge in [0, 0.05) is 18.5 Å². The van der Waals surface area contributed by atoms with Crippen LogP contribution in [0.25, 0.3) is 21.7 Å². The van der Waals surface area contributed by atoms with Crippen LogP contribution in [0.2, 0.25) is 0 Å². The van der Waals surface area contributed by atoms with Crippen molar-refractivity contribution in [3.05, 3.63) is 48.0 Å². The molecule has 258 valence electrons. The van der Waals surface area contributed by atoms with E-state index in [-0.39, 0.29) is 25.0 Å². The van der Waals surface area contributed by atoms with Gasteiger partial charge in [0.25, 0.3) is 0 Å². The van der Waals surface area contributed by atoms with Crippen LogP contribution in [-0.2, 0) is 23.9 Å². The zero-order valence-corrected chi connectivity index (χ0v) is 28.2. The molecule has 5 atom stereocenters. The van der Waals surface area contributed by atoms with Crippen LogP contribution in [-0.4, -0.2) is 87.2 Å². The van der Waals surface area contributed by atoms with Gasteiger partial charge in [-0.1, -0.05) is 31.1 Å². The average molecular weight is 689 g/mol. The molecule has 3 amide bonds. The molecular weight excluding hydrogens is 648 g/mol. The number of rotatable bonds is 6. The normalized spacial score (nSPS) is 28.1. The molecule has 3 aromatic heterocycles. The molecule has 3 fully saturated rings. The summed E-state index contributed by atoms with van der Waals surface area (Å²) >= 11 is 1.44. The van der Waals surface area contributed by atoms with E-state index in [1.165, 1.54) is 23.3 Å². The van der Waals surface area contributed by atoms with Crippen molar-refractivity contribution < 1.29 is 33.4 Å². The lowest BCUT2D eigenvalue weighted by Crippen LogP contribution is -2.56. The summed E-state index contributed by atoms with van der Waals surface area (Å²) in [5.41, 5.74) is -0.617. The van der Waals surface area contributed by atoms with E-state index in [9.17, 15) is 19.2 Å². The maximum absolute atomic E-state index is 14.4. The second-order valence-electron chi connectivity index (χ2n) is 13.2. The maximum atomic E-state index is 14.4. The van der Waals surface area contributed by atoms with E-state index >= 15 is 0 Å². The van der Waals surface area contributed by atoms with Crippen molar-refractivity contribution in [3.8, 4) is 17.4 Å². The van der Waals surface area contributed by atoms with Crippen molar-refractivity contribution >= 4 is 45.4 Å². The highest BCUT2D eigenvalue weighted by Gasteiger charge is 2.62. The molecule has 0 spiro atoms. The SMILES string of the molecule is COC(=O)[C@@]12C[C@H]1/C=C\CCCCC[C@H](NC(=O)OC1CCC1)C(=O)N1C[C@H](Oc3nc(-c4ccccn4)nc4sccc34)C[C@H]1C(=O)N2. The minimum atomic E-state index is -1.20. The molecule has 0 bridgehead atoms. The lowest BCUT2D eigenvalue weighted by molar-refractivity contribution is -0.148. The lowest BCUT2D eigenvalue weighted by Gasteiger charge is -2.30. The maximum Gasteiger partial charge on any atom is 0.408 e. The Hall–Kier alpha value is -4.59. The topological polar surface area (TPSA) is 162 Å². The van der Waals surface area contributed by atoms with Gasteiger partial charge in [-0.05, 0) is 68.5 Å². The molecule has 4 aliphatic rings. The number of nitrogens with one attached hydrogen (secondary N) is 2. The number of hydrogen-bond acceptors (Lipinski definition) is 11. The number of hydrogen-bond donors (Lipinski definition) is 2. The third-order valence-corrected chi connectivity index (χ3v) is 10.7. The summed E-state index contributed by atoms with van der Waals surface area (Å²) in [7, 11) is 1.30. The van der Waals surface area contributed by atoms with Gasteiger partial charge in [-0.15, -0.1) is 11.3 Å². The minimum Gasteiger partial charge on any atom is -0.472 e. The van der Waals surface area contributed by atoms with Crippen LogP contribution >= 0.6 is 11.3 Å². The summed E-state index contributed by atoms with van der Waals surface area (Å²) in [5, 5.41) is 8.38. The number of amides is 3. The number of aromatic nitrogens is 3. The minimum absolute atomic E-state index is 0.0654. The van der Waals surface area contributed by atoms with Crippen molar-refractivity contribution in [3.63, 3.8) is 0 Å². The first-order valence-corrected chi connectivity index (χ1v) is 17.9. The first-order chi connectivity index (χ1) is 23.8. The summed E-state index contributed by atoms with van der Waals surface area (Å²) in [6.07, 6.45) is 11.0. The highest BCUT2D eigenvalue weighted by Crippen LogP contribution is 2.46. The van der Waals surface area contributed by atoms with E-state index in [1.807, 2.05) is 41.8 Å². The van der Waals surface area contributed by atoms with E-state index < -0.39 is 47.6 Å². The first-order valence-electron chi connectivity index (χ1n) is 17.0. The second kappa shape index (κ2) is 14.1. The molecule has 2 aliphatic carbocycles. The molecule has 0 aromatic carbocycles. The van der Waals surface area contributed by atoms with Gasteiger partial charge >= 0.3 is 12.1 Å². The lowest BCUT2D eigenvalue weighted by atomic mass is 9.96. The van der Waals surface area contributed by atoms with Crippen molar-refractivity contribution in [1.29, 1.82) is 0 Å². The largest absolute Gasteiger partial charge is 0.472 e. The number of carbonyl (C=O) groups is 4. The van der Waals surface area contributed by atoms with Crippen LogP contribution in [0, 0.1) is 5.92 Å². The number of ether oxygens (including phenoxy) is 3. The van der Waals surface area contributed by atoms with Gasteiger partial charge in [-0.2, -0.15) is 4.98 Å². The molecule has 13 nitrogen and oxygen atoms in total. The number of thiophene rings is 1. The van der Waals surface area contributed by atoms with Crippen LogP contribution in [0.3, 0.4) is 0 Å². The number of esters is 1. The molecule has 14 heteroatoms. The Morgan fingerprint density at radius 2 is 1.94 bits per heavy atom. The van der Waals surface area contributed by atoms with Crippen LogP contribution in [0.4, 0.5) is 4.79 Å². The molecule has 2 saturated carbocycles. The summed E-state index contributed by atoms with van der Waals surface area (Å²) in [5.74, 6) is -0.894. The number of nitrogens with zero attached hydrogens (tertiary/aromatic N) is 4. The Labute approximate surface area is 287 Å². The third kappa shape index (κ3) is 6.96. The van der Waals surface area contributed by atoms with Crippen molar-refractivity contribution in [2.45, 2.75) is 94.0 Å². The van der Waals surface area contributed by atoms with Gasteiger partial charge < -0.3 is 29.7 Å². The summed E-state index contributed by atoms with van der Waals surface area (Å²) in [6, 6.07) is 5.48. The molecule has 2 aliphatic heterocycles. The first kappa shape index (κ1) is 32.9. The molecule has 5 heterocycles. The Kier molecular flexibility index (Phi) is 9.48. The molecule has 0 radical (unpaired) electrons. The molecule has 7 rings (SSSR count). The van der Waals surface area contributed by atoms with E-state index in [0.717, 1.165) is 43.4 Å². The van der Waals surface area contributed by atoms with Crippen LogP contribution in [0.1, 0.15) is 64.2 Å². The zero-order valence-electron chi connectivity index (χ0n) is 27.3. The highest BCUT2D eigenvalue weighted by molar-refractivity contribution is 7.16. The second-order valence-corrected chi connectivity index (χ2v) is 14.1. The van der Waals surface area contributed by atoms with Crippen molar-refractivity contribution in [2.24, 2.45) is 5.92 Å². The van der Waals surface area contributed by atoms with E-state index in [4.69, 9.17) is 19.2 Å². The van der Waals surface area contributed by atoms with Crippen LogP contribution in [0.5, 0.6) is 5.88 Å². The van der Waals surface area contributed by atoms with E-state index in [2.05, 4.69) is 20.6 Å². The van der Waals surface area contributed by atoms with Gasteiger partial charge in [0.15, 0.2) is 5.82 Å². The Morgan fingerprint density at radius 1 is 1.06 bits per heavy atom. The number of methoxy groups -OCH3 is 1. The van der Waals surface area contributed by atoms with Crippen molar-refractivity contribution in [1.82, 2.24) is 30.5 Å². The molecule has 0 unspecified atom stereocenters. The van der Waals surface area contributed by atoms with Crippen LogP contribution in [0.15, 0.2) is 48.0 Å². The molecule has 49 heavy (non-hydrogen) atoms. The standard InChI is InChI=1S/C35H40N6O7S/c1-46-33(44)35-19-21(35)10-5-3-2-4-6-14-26(37-34(45)48-22-11-9-12-22)32(43)41-20-23(18-27(41)29(42)40-35)47-30-24-15-17-49-31(24)39-28(38-30)25-13-7-8-16-36-25/h5,7-8,10,13,15-17,21-23,26-27H,2-4,6,9,11-12,14,18-20H2,1H3,(H,37,45)(H,40,42)/b10-5-/t21-,23-,26+,27+,35-/m1/s1. The van der Waals surface area contributed by atoms with Gasteiger partial charge in [0.1, 0.15) is 40.4 Å².